The number of aromatic nitrogens is 2. The van der Waals surface area contributed by atoms with E-state index in [2.05, 4.69) is 17.1 Å². The molecule has 1 aromatic rings. The van der Waals surface area contributed by atoms with Crippen molar-refractivity contribution in [3.05, 3.63) is 11.7 Å². The van der Waals surface area contributed by atoms with Crippen molar-refractivity contribution in [3.63, 3.8) is 0 Å². The second kappa shape index (κ2) is 2.73. The Morgan fingerprint density at radius 2 is 2.33 bits per heavy atom. The molecule has 1 aliphatic rings. The molecule has 3 atom stereocenters. The maximum absolute atomic E-state index is 5.78. The third-order valence-corrected chi connectivity index (χ3v) is 2.43. The summed E-state index contributed by atoms with van der Waals surface area (Å²) < 4.78 is 4.98. The van der Waals surface area contributed by atoms with E-state index >= 15 is 0 Å². The first-order valence-electron chi connectivity index (χ1n) is 4.16. The number of rotatable bonds is 2. The van der Waals surface area contributed by atoms with Crippen molar-refractivity contribution < 1.29 is 4.52 Å². The highest BCUT2D eigenvalue weighted by Crippen LogP contribution is 2.45. The minimum atomic E-state index is -0.180. The minimum Gasteiger partial charge on any atom is -0.338 e. The highest BCUT2D eigenvalue weighted by Gasteiger charge is 2.38. The van der Waals surface area contributed by atoms with Gasteiger partial charge in [0.05, 0.1) is 0 Å². The molecule has 3 nitrogen and oxygen atoms in total. The quantitative estimate of drug-likeness (QED) is 0.667. The molecule has 0 saturated heterocycles. The van der Waals surface area contributed by atoms with E-state index in [4.69, 9.17) is 16.1 Å². The fourth-order valence-electron chi connectivity index (χ4n) is 1.24. The molecule has 4 heteroatoms. The third kappa shape index (κ3) is 1.33. The smallest absolute Gasteiger partial charge is 0.244 e. The van der Waals surface area contributed by atoms with Crippen LogP contribution in [0.2, 0.25) is 0 Å². The van der Waals surface area contributed by atoms with Crippen LogP contribution in [0.4, 0.5) is 0 Å². The average Bonchev–Trinajstić information content (AvgIpc) is 2.59. The van der Waals surface area contributed by atoms with E-state index in [0.717, 1.165) is 5.82 Å². The van der Waals surface area contributed by atoms with Gasteiger partial charge in [-0.2, -0.15) is 4.98 Å². The van der Waals surface area contributed by atoms with Gasteiger partial charge >= 0.3 is 0 Å². The van der Waals surface area contributed by atoms with E-state index in [-0.39, 0.29) is 5.38 Å². The summed E-state index contributed by atoms with van der Waals surface area (Å²) in [5.41, 5.74) is 0. The Morgan fingerprint density at radius 3 is 2.75 bits per heavy atom. The molecule has 0 spiro atoms. The third-order valence-electron chi connectivity index (χ3n) is 2.24. The summed E-state index contributed by atoms with van der Waals surface area (Å²) >= 11 is 5.78. The van der Waals surface area contributed by atoms with Gasteiger partial charge in [0.1, 0.15) is 5.38 Å². The number of alkyl halides is 1. The monoisotopic (exact) mass is 186 g/mol. The molecule has 3 unspecified atom stereocenters. The first-order valence-corrected chi connectivity index (χ1v) is 4.59. The Hall–Kier alpha value is -0.570. The molecule has 0 bridgehead atoms. The summed E-state index contributed by atoms with van der Waals surface area (Å²) in [5, 5.41) is 3.70. The van der Waals surface area contributed by atoms with Crippen molar-refractivity contribution in [2.24, 2.45) is 5.92 Å². The van der Waals surface area contributed by atoms with E-state index in [1.54, 1.807) is 0 Å². The molecule has 0 aromatic carbocycles. The van der Waals surface area contributed by atoms with Gasteiger partial charge in [0.15, 0.2) is 5.82 Å². The van der Waals surface area contributed by atoms with Crippen LogP contribution in [-0.4, -0.2) is 10.1 Å². The maximum Gasteiger partial charge on any atom is 0.244 e. The fraction of sp³-hybridized carbons (Fsp3) is 0.750. The van der Waals surface area contributed by atoms with Crippen LogP contribution in [0.3, 0.4) is 0 Å². The van der Waals surface area contributed by atoms with Crippen molar-refractivity contribution in [2.45, 2.75) is 31.6 Å². The van der Waals surface area contributed by atoms with Crippen LogP contribution in [0.25, 0.3) is 0 Å². The van der Waals surface area contributed by atoms with Gasteiger partial charge in [-0.3, -0.25) is 0 Å². The first-order chi connectivity index (χ1) is 5.68. The Bertz CT molecular complexity index is 284. The van der Waals surface area contributed by atoms with Gasteiger partial charge in [-0.05, 0) is 19.3 Å². The molecule has 1 aliphatic carbocycles. The lowest BCUT2D eigenvalue weighted by Crippen LogP contribution is -1.87. The van der Waals surface area contributed by atoms with Gasteiger partial charge in [-0.1, -0.05) is 12.1 Å². The normalized spacial score (nSPS) is 30.2. The van der Waals surface area contributed by atoms with Gasteiger partial charge in [0.25, 0.3) is 0 Å². The van der Waals surface area contributed by atoms with Gasteiger partial charge in [-0.15, -0.1) is 11.6 Å². The number of hydrogen-bond acceptors (Lipinski definition) is 3. The van der Waals surface area contributed by atoms with Gasteiger partial charge < -0.3 is 4.52 Å². The molecule has 0 aliphatic heterocycles. The Labute approximate surface area is 76.1 Å². The molecule has 2 rings (SSSR count). The minimum absolute atomic E-state index is 0.180. The lowest BCUT2D eigenvalue weighted by Gasteiger charge is -1.89. The topological polar surface area (TPSA) is 38.9 Å². The Kier molecular flexibility index (Phi) is 1.83. The van der Waals surface area contributed by atoms with Crippen LogP contribution in [-0.2, 0) is 0 Å². The number of hydrogen-bond donors (Lipinski definition) is 0. The van der Waals surface area contributed by atoms with Gasteiger partial charge in [0, 0.05) is 5.92 Å². The molecule has 12 heavy (non-hydrogen) atoms. The summed E-state index contributed by atoms with van der Waals surface area (Å²) in [6.45, 7) is 4.01. The Morgan fingerprint density at radius 1 is 1.67 bits per heavy atom. The van der Waals surface area contributed by atoms with E-state index in [1.165, 1.54) is 6.42 Å². The zero-order valence-corrected chi connectivity index (χ0v) is 7.88. The standard InChI is InChI=1S/C8H11ClN2O/c1-4-3-6(4)7-10-8(5(2)9)12-11-7/h4-6H,3H2,1-2H3. The van der Waals surface area contributed by atoms with Crippen molar-refractivity contribution in [3.8, 4) is 0 Å². The van der Waals surface area contributed by atoms with Crippen molar-refractivity contribution in [1.29, 1.82) is 0 Å². The number of halogens is 1. The summed E-state index contributed by atoms with van der Waals surface area (Å²) in [7, 11) is 0. The van der Waals surface area contributed by atoms with E-state index in [0.29, 0.717) is 17.7 Å². The highest BCUT2D eigenvalue weighted by atomic mass is 35.5. The lowest BCUT2D eigenvalue weighted by atomic mass is 10.3. The van der Waals surface area contributed by atoms with Crippen LogP contribution in [0.15, 0.2) is 4.52 Å². The largest absolute Gasteiger partial charge is 0.338 e. The zero-order chi connectivity index (χ0) is 8.72. The first kappa shape index (κ1) is 8.05. The van der Waals surface area contributed by atoms with Gasteiger partial charge in [0.2, 0.25) is 5.89 Å². The fourth-order valence-corrected chi connectivity index (χ4v) is 1.33. The molecule has 0 amide bonds. The van der Waals surface area contributed by atoms with E-state index in [1.807, 2.05) is 6.92 Å². The SMILES string of the molecule is CC(Cl)c1nc(C2CC2C)no1. The maximum atomic E-state index is 5.78. The molecule has 0 radical (unpaired) electrons. The molecule has 1 aromatic heterocycles. The summed E-state index contributed by atoms with van der Waals surface area (Å²) in [6.07, 6.45) is 1.18. The van der Waals surface area contributed by atoms with E-state index < -0.39 is 0 Å². The van der Waals surface area contributed by atoms with Crippen LogP contribution >= 0.6 is 11.6 Å². The molecular formula is C8H11ClN2O. The average molecular weight is 187 g/mol. The predicted octanol–water partition coefficient (Wildman–Crippen LogP) is 2.49. The second-order valence-corrected chi connectivity index (χ2v) is 4.08. The molecule has 1 fully saturated rings. The summed E-state index contributed by atoms with van der Waals surface area (Å²) in [4.78, 5) is 4.21. The van der Waals surface area contributed by atoms with E-state index in [9.17, 15) is 0 Å². The van der Waals surface area contributed by atoms with Crippen LogP contribution in [0, 0.1) is 5.92 Å². The molecule has 0 N–H and O–H groups in total. The van der Waals surface area contributed by atoms with Crippen LogP contribution in [0.1, 0.15) is 43.3 Å². The van der Waals surface area contributed by atoms with Crippen LogP contribution < -0.4 is 0 Å². The molecule has 1 saturated carbocycles. The van der Waals surface area contributed by atoms with Crippen LogP contribution in [0.5, 0.6) is 0 Å². The van der Waals surface area contributed by atoms with Crippen molar-refractivity contribution >= 4 is 11.6 Å². The van der Waals surface area contributed by atoms with Crippen molar-refractivity contribution in [1.82, 2.24) is 10.1 Å². The van der Waals surface area contributed by atoms with Crippen molar-refractivity contribution in [2.75, 3.05) is 0 Å². The molecule has 66 valence electrons. The summed E-state index contributed by atoms with van der Waals surface area (Å²) in [5.74, 6) is 2.58. The molecular weight excluding hydrogens is 176 g/mol. The predicted molar refractivity (Wildman–Crippen MR) is 45.1 cm³/mol. The Balaban J connectivity index is 2.14. The summed E-state index contributed by atoms with van der Waals surface area (Å²) in [6, 6.07) is 0. The highest BCUT2D eigenvalue weighted by molar-refractivity contribution is 6.20. The van der Waals surface area contributed by atoms with Gasteiger partial charge in [-0.25, -0.2) is 0 Å². The number of nitrogens with zero attached hydrogens (tertiary/aromatic N) is 2. The zero-order valence-electron chi connectivity index (χ0n) is 7.12. The second-order valence-electron chi connectivity index (χ2n) is 3.43. The molecule has 1 heterocycles. The lowest BCUT2D eigenvalue weighted by molar-refractivity contribution is 0.373.